The maximum Gasteiger partial charge on any atom is 0.309 e. The van der Waals surface area contributed by atoms with Gasteiger partial charge in [-0.25, -0.2) is 0 Å². The predicted molar refractivity (Wildman–Crippen MR) is 122 cm³/mol. The van der Waals surface area contributed by atoms with Crippen LogP contribution in [0.4, 0.5) is 0 Å². The van der Waals surface area contributed by atoms with Gasteiger partial charge in [0, 0.05) is 49.6 Å². The molecule has 1 amide bonds. The number of nitrogens with zero attached hydrogens (tertiary/aromatic N) is 2. The van der Waals surface area contributed by atoms with E-state index in [1.54, 1.807) is 0 Å². The third-order valence-corrected chi connectivity index (χ3v) is 6.35. The maximum atomic E-state index is 13.3. The van der Waals surface area contributed by atoms with Crippen LogP contribution in [0.1, 0.15) is 43.2 Å². The van der Waals surface area contributed by atoms with Crippen LogP contribution >= 0.6 is 0 Å². The van der Waals surface area contributed by atoms with E-state index in [-0.39, 0.29) is 23.7 Å². The van der Waals surface area contributed by atoms with Gasteiger partial charge in [0.2, 0.25) is 5.91 Å². The molecule has 0 radical (unpaired) electrons. The summed E-state index contributed by atoms with van der Waals surface area (Å²) < 4.78 is 7.29. The van der Waals surface area contributed by atoms with Crippen molar-refractivity contribution in [3.63, 3.8) is 0 Å². The molecule has 0 bridgehead atoms. The lowest BCUT2D eigenvalue weighted by Gasteiger charge is -2.32. The van der Waals surface area contributed by atoms with Crippen molar-refractivity contribution in [1.82, 2.24) is 9.47 Å². The zero-order valence-electron chi connectivity index (χ0n) is 18.3. The molecule has 1 atom stereocenters. The molecule has 3 aromatic rings. The van der Waals surface area contributed by atoms with Gasteiger partial charge in [-0.15, -0.1) is 0 Å². The third kappa shape index (κ3) is 4.50. The van der Waals surface area contributed by atoms with E-state index in [1.165, 1.54) is 16.5 Å². The SMILES string of the molecule is CCOC(=O)C1CCN(C(=O)CC(c2ccccc2)c2cn(C)c3ccccc23)CC1. The number of carbonyl (C=O) groups is 2. The molecule has 0 saturated carbocycles. The van der Waals surface area contributed by atoms with Crippen LogP contribution in [-0.4, -0.2) is 41.0 Å². The Kier molecular flexibility index (Phi) is 6.40. The minimum absolute atomic E-state index is 0.0115. The molecule has 1 aliphatic rings. The first kappa shape index (κ1) is 21.2. The number of para-hydroxylation sites is 1. The molecule has 2 heterocycles. The predicted octanol–water partition coefficient (Wildman–Crippen LogP) is 4.50. The number of amides is 1. The van der Waals surface area contributed by atoms with Gasteiger partial charge in [-0.2, -0.15) is 0 Å². The molecule has 2 aromatic carbocycles. The van der Waals surface area contributed by atoms with Crippen molar-refractivity contribution >= 4 is 22.8 Å². The van der Waals surface area contributed by atoms with Crippen LogP contribution in [-0.2, 0) is 21.4 Å². The van der Waals surface area contributed by atoms with Crippen LogP contribution in [0.5, 0.6) is 0 Å². The van der Waals surface area contributed by atoms with Crippen LogP contribution in [0.3, 0.4) is 0 Å². The Bertz CT molecular complexity index is 1050. The molecule has 31 heavy (non-hydrogen) atoms. The second-order valence-corrected chi connectivity index (χ2v) is 8.29. The molecule has 1 unspecified atom stereocenters. The van der Waals surface area contributed by atoms with Gasteiger partial charge < -0.3 is 14.2 Å². The normalized spacial score (nSPS) is 15.7. The fourth-order valence-corrected chi connectivity index (χ4v) is 4.67. The number of carbonyl (C=O) groups excluding carboxylic acids is 2. The summed E-state index contributed by atoms with van der Waals surface area (Å²) in [5.41, 5.74) is 3.49. The summed E-state index contributed by atoms with van der Waals surface area (Å²) in [6.07, 6.45) is 3.92. The first-order valence-electron chi connectivity index (χ1n) is 11.1. The number of ether oxygens (including phenoxy) is 1. The summed E-state index contributed by atoms with van der Waals surface area (Å²) in [5, 5.41) is 1.19. The lowest BCUT2D eigenvalue weighted by molar-refractivity contribution is -0.151. The molecule has 0 N–H and O–H groups in total. The lowest BCUT2D eigenvalue weighted by Crippen LogP contribution is -2.41. The average Bonchev–Trinajstić information content (AvgIpc) is 3.14. The highest BCUT2D eigenvalue weighted by atomic mass is 16.5. The Hall–Kier alpha value is -3.08. The fraction of sp³-hybridized carbons (Fsp3) is 0.385. The van der Waals surface area contributed by atoms with Crippen LogP contribution < -0.4 is 0 Å². The highest BCUT2D eigenvalue weighted by Crippen LogP contribution is 2.35. The number of aromatic nitrogens is 1. The van der Waals surface area contributed by atoms with Gasteiger partial charge >= 0.3 is 5.97 Å². The summed E-state index contributed by atoms with van der Waals surface area (Å²) in [6.45, 7) is 3.45. The van der Waals surface area contributed by atoms with Crippen LogP contribution in [0.2, 0.25) is 0 Å². The second-order valence-electron chi connectivity index (χ2n) is 8.29. The molecule has 5 nitrogen and oxygen atoms in total. The van der Waals surface area contributed by atoms with E-state index in [0.29, 0.717) is 39.0 Å². The Morgan fingerprint density at radius 2 is 1.71 bits per heavy atom. The summed E-state index contributed by atoms with van der Waals surface area (Å²) in [4.78, 5) is 27.2. The topological polar surface area (TPSA) is 51.5 Å². The molecule has 1 aliphatic heterocycles. The van der Waals surface area contributed by atoms with Crippen molar-refractivity contribution in [3.8, 4) is 0 Å². The van der Waals surface area contributed by atoms with Crippen LogP contribution in [0.15, 0.2) is 60.8 Å². The van der Waals surface area contributed by atoms with Gasteiger partial charge in [0.05, 0.1) is 12.5 Å². The van der Waals surface area contributed by atoms with Gasteiger partial charge in [0.1, 0.15) is 0 Å². The molecule has 0 aliphatic carbocycles. The van der Waals surface area contributed by atoms with E-state index < -0.39 is 0 Å². The maximum absolute atomic E-state index is 13.3. The number of piperidine rings is 1. The molecular formula is C26H30N2O3. The summed E-state index contributed by atoms with van der Waals surface area (Å²) in [5.74, 6) is -0.0915. The highest BCUT2D eigenvalue weighted by molar-refractivity contribution is 5.86. The van der Waals surface area contributed by atoms with Crippen molar-refractivity contribution in [2.45, 2.75) is 32.1 Å². The van der Waals surface area contributed by atoms with E-state index >= 15 is 0 Å². The Balaban J connectivity index is 1.55. The smallest absolute Gasteiger partial charge is 0.309 e. The summed E-state index contributed by atoms with van der Waals surface area (Å²) in [7, 11) is 2.05. The van der Waals surface area contributed by atoms with Crippen molar-refractivity contribution < 1.29 is 14.3 Å². The van der Waals surface area contributed by atoms with E-state index in [4.69, 9.17) is 4.74 Å². The van der Waals surface area contributed by atoms with Gasteiger partial charge in [-0.3, -0.25) is 9.59 Å². The minimum atomic E-state index is -0.132. The molecular weight excluding hydrogens is 388 g/mol. The van der Waals surface area contributed by atoms with E-state index in [9.17, 15) is 9.59 Å². The third-order valence-electron chi connectivity index (χ3n) is 6.35. The number of benzene rings is 2. The zero-order valence-corrected chi connectivity index (χ0v) is 18.3. The Labute approximate surface area is 183 Å². The zero-order chi connectivity index (χ0) is 21.8. The van der Waals surface area contributed by atoms with Crippen molar-refractivity contribution in [1.29, 1.82) is 0 Å². The standard InChI is InChI=1S/C26H30N2O3/c1-3-31-26(30)20-13-15-28(16-14-20)25(29)17-22(19-9-5-4-6-10-19)23-18-27(2)24-12-8-7-11-21(23)24/h4-12,18,20,22H,3,13-17H2,1-2H3. The molecule has 1 aromatic heterocycles. The Morgan fingerprint density at radius 3 is 2.42 bits per heavy atom. The van der Waals surface area contributed by atoms with E-state index in [2.05, 4.69) is 48.1 Å². The number of hydrogen-bond donors (Lipinski definition) is 0. The number of likely N-dealkylation sites (tertiary alicyclic amines) is 1. The lowest BCUT2D eigenvalue weighted by atomic mass is 9.87. The minimum Gasteiger partial charge on any atom is -0.466 e. The summed E-state index contributed by atoms with van der Waals surface area (Å²) in [6, 6.07) is 18.6. The number of esters is 1. The van der Waals surface area contributed by atoms with Crippen LogP contribution in [0.25, 0.3) is 10.9 Å². The molecule has 0 spiro atoms. The molecule has 1 fully saturated rings. The molecule has 4 rings (SSSR count). The van der Waals surface area contributed by atoms with Crippen molar-refractivity contribution in [3.05, 3.63) is 71.9 Å². The summed E-state index contributed by atoms with van der Waals surface area (Å²) >= 11 is 0. The second kappa shape index (κ2) is 9.38. The first-order chi connectivity index (χ1) is 15.1. The van der Waals surface area contributed by atoms with Gasteiger partial charge in [0.15, 0.2) is 0 Å². The molecule has 5 heteroatoms. The van der Waals surface area contributed by atoms with E-state index in [1.807, 2.05) is 36.1 Å². The van der Waals surface area contributed by atoms with Crippen LogP contribution in [0, 0.1) is 5.92 Å². The first-order valence-corrected chi connectivity index (χ1v) is 11.1. The average molecular weight is 419 g/mol. The van der Waals surface area contributed by atoms with Crippen molar-refractivity contribution in [2.75, 3.05) is 19.7 Å². The van der Waals surface area contributed by atoms with E-state index in [0.717, 1.165) is 5.56 Å². The quantitative estimate of drug-likeness (QED) is 0.554. The highest BCUT2D eigenvalue weighted by Gasteiger charge is 2.30. The molecule has 162 valence electrons. The number of fused-ring (bicyclic) bond motifs is 1. The Morgan fingerprint density at radius 1 is 1.03 bits per heavy atom. The monoisotopic (exact) mass is 418 g/mol. The van der Waals surface area contributed by atoms with Gasteiger partial charge in [0.25, 0.3) is 0 Å². The number of rotatable bonds is 6. The number of aryl methyl sites for hydroxylation is 1. The van der Waals surface area contributed by atoms with Gasteiger partial charge in [-0.1, -0.05) is 48.5 Å². The van der Waals surface area contributed by atoms with Crippen molar-refractivity contribution in [2.24, 2.45) is 13.0 Å². The molecule has 1 saturated heterocycles. The van der Waals surface area contributed by atoms with Gasteiger partial charge in [-0.05, 0) is 37.0 Å². The largest absolute Gasteiger partial charge is 0.466 e. The fourth-order valence-electron chi connectivity index (χ4n) is 4.67. The number of hydrogen-bond acceptors (Lipinski definition) is 3.